The molecule has 0 unspecified atom stereocenters. The van der Waals surface area contributed by atoms with Gasteiger partial charge in [-0.05, 0) is 49.1 Å². The summed E-state index contributed by atoms with van der Waals surface area (Å²) in [7, 11) is 0. The maximum absolute atomic E-state index is 6.21. The van der Waals surface area contributed by atoms with Crippen molar-refractivity contribution in [3.05, 3.63) is 64.2 Å². The van der Waals surface area contributed by atoms with Crippen molar-refractivity contribution >= 4 is 11.6 Å². The number of halogens is 1. The first kappa shape index (κ1) is 14.4. The van der Waals surface area contributed by atoms with Gasteiger partial charge in [-0.2, -0.15) is 0 Å². The van der Waals surface area contributed by atoms with Crippen molar-refractivity contribution in [2.45, 2.75) is 39.0 Å². The second-order valence-electron chi connectivity index (χ2n) is 5.68. The van der Waals surface area contributed by atoms with Gasteiger partial charge in [0, 0.05) is 23.2 Å². The van der Waals surface area contributed by atoms with Gasteiger partial charge in [-0.15, -0.1) is 0 Å². The van der Waals surface area contributed by atoms with E-state index in [0.717, 1.165) is 34.5 Å². The van der Waals surface area contributed by atoms with Crippen LogP contribution in [0.2, 0.25) is 5.02 Å². The van der Waals surface area contributed by atoms with Gasteiger partial charge in [0.05, 0.1) is 0 Å². The second-order valence-corrected chi connectivity index (χ2v) is 6.09. The maximum atomic E-state index is 6.21. The monoisotopic (exact) mass is 301 g/mol. The third-order valence-corrected chi connectivity index (χ3v) is 4.05. The summed E-state index contributed by atoms with van der Waals surface area (Å²) in [6, 6.07) is 15.0. The van der Waals surface area contributed by atoms with Crippen LogP contribution in [0.1, 0.15) is 29.5 Å². The molecule has 0 amide bonds. The molecule has 110 valence electrons. The number of ether oxygens (including phenoxy) is 1. The summed E-state index contributed by atoms with van der Waals surface area (Å²) in [5, 5.41) is 4.27. The lowest BCUT2D eigenvalue weighted by molar-refractivity contribution is 0.306. The van der Waals surface area contributed by atoms with E-state index >= 15 is 0 Å². The van der Waals surface area contributed by atoms with Crippen LogP contribution in [0.25, 0.3) is 0 Å². The highest BCUT2D eigenvalue weighted by molar-refractivity contribution is 6.31. The minimum absolute atomic E-state index is 0.499. The Morgan fingerprint density at radius 1 is 1.14 bits per heavy atom. The van der Waals surface area contributed by atoms with E-state index in [0.29, 0.717) is 6.61 Å². The van der Waals surface area contributed by atoms with Crippen LogP contribution in [0.15, 0.2) is 42.5 Å². The van der Waals surface area contributed by atoms with E-state index in [2.05, 4.69) is 23.5 Å². The third-order valence-electron chi connectivity index (χ3n) is 3.70. The van der Waals surface area contributed by atoms with E-state index in [1.54, 1.807) is 0 Å². The van der Waals surface area contributed by atoms with Crippen LogP contribution in [0, 0.1) is 6.92 Å². The molecule has 0 atom stereocenters. The second kappa shape index (κ2) is 6.50. The molecule has 1 fully saturated rings. The average molecular weight is 302 g/mol. The molecule has 1 aliphatic carbocycles. The molecular weight excluding hydrogens is 282 g/mol. The first-order valence-corrected chi connectivity index (χ1v) is 7.78. The molecule has 1 saturated carbocycles. The van der Waals surface area contributed by atoms with Crippen LogP contribution in [0.3, 0.4) is 0 Å². The summed E-state index contributed by atoms with van der Waals surface area (Å²) < 4.78 is 5.80. The summed E-state index contributed by atoms with van der Waals surface area (Å²) in [6.07, 6.45) is 2.64. The van der Waals surface area contributed by atoms with Gasteiger partial charge in [-0.1, -0.05) is 35.9 Å². The zero-order valence-corrected chi connectivity index (χ0v) is 13.0. The van der Waals surface area contributed by atoms with Gasteiger partial charge in [0.1, 0.15) is 12.4 Å². The molecule has 2 aromatic rings. The lowest BCUT2D eigenvalue weighted by Gasteiger charge is -2.09. The predicted molar refractivity (Wildman–Crippen MR) is 86.8 cm³/mol. The van der Waals surface area contributed by atoms with Crippen LogP contribution in [-0.2, 0) is 13.2 Å². The number of rotatable bonds is 6. The Morgan fingerprint density at radius 2 is 1.90 bits per heavy atom. The zero-order valence-electron chi connectivity index (χ0n) is 12.2. The van der Waals surface area contributed by atoms with E-state index in [1.807, 2.05) is 31.2 Å². The predicted octanol–water partition coefficient (Wildman–Crippen LogP) is 4.48. The molecule has 3 heteroatoms. The molecule has 3 rings (SSSR count). The Bertz CT molecular complexity index is 605. The normalized spacial score (nSPS) is 14.2. The van der Waals surface area contributed by atoms with Crippen LogP contribution < -0.4 is 10.1 Å². The van der Waals surface area contributed by atoms with Gasteiger partial charge >= 0.3 is 0 Å². The molecule has 0 spiro atoms. The van der Waals surface area contributed by atoms with Crippen molar-refractivity contribution in [2.75, 3.05) is 0 Å². The number of aryl methyl sites for hydroxylation is 1. The fraction of sp³-hybridized carbons (Fsp3) is 0.333. The van der Waals surface area contributed by atoms with Crippen LogP contribution >= 0.6 is 11.6 Å². The van der Waals surface area contributed by atoms with Crippen LogP contribution in [-0.4, -0.2) is 6.04 Å². The van der Waals surface area contributed by atoms with E-state index in [4.69, 9.17) is 16.3 Å². The van der Waals surface area contributed by atoms with Gasteiger partial charge in [-0.25, -0.2) is 0 Å². The molecule has 1 aliphatic rings. The number of benzene rings is 2. The van der Waals surface area contributed by atoms with Gasteiger partial charge < -0.3 is 10.1 Å². The highest BCUT2D eigenvalue weighted by atomic mass is 35.5. The van der Waals surface area contributed by atoms with E-state index < -0.39 is 0 Å². The lowest BCUT2D eigenvalue weighted by atomic mass is 10.1. The summed E-state index contributed by atoms with van der Waals surface area (Å²) in [6.45, 7) is 3.47. The van der Waals surface area contributed by atoms with Crippen molar-refractivity contribution in [3.63, 3.8) is 0 Å². The molecule has 0 bridgehead atoms. The zero-order chi connectivity index (χ0) is 14.7. The summed E-state index contributed by atoms with van der Waals surface area (Å²) in [5.41, 5.74) is 3.47. The quantitative estimate of drug-likeness (QED) is 0.849. The Morgan fingerprint density at radius 3 is 2.57 bits per heavy atom. The molecular formula is C18H20ClNO. The lowest BCUT2D eigenvalue weighted by Crippen LogP contribution is -2.15. The van der Waals surface area contributed by atoms with Crippen molar-refractivity contribution in [1.29, 1.82) is 0 Å². The Kier molecular flexibility index (Phi) is 4.47. The number of hydrogen-bond donors (Lipinski definition) is 1. The van der Waals surface area contributed by atoms with Crippen molar-refractivity contribution < 1.29 is 4.74 Å². The maximum Gasteiger partial charge on any atom is 0.119 e. The van der Waals surface area contributed by atoms with E-state index in [1.165, 1.54) is 18.4 Å². The van der Waals surface area contributed by atoms with E-state index in [-0.39, 0.29) is 0 Å². The molecule has 0 aliphatic heterocycles. The average Bonchev–Trinajstić information content (AvgIpc) is 3.30. The topological polar surface area (TPSA) is 21.3 Å². The Balaban J connectivity index is 1.54. The molecule has 0 saturated heterocycles. The van der Waals surface area contributed by atoms with Crippen molar-refractivity contribution in [3.8, 4) is 5.75 Å². The van der Waals surface area contributed by atoms with Crippen LogP contribution in [0.5, 0.6) is 5.75 Å². The molecule has 0 radical (unpaired) electrons. The molecule has 0 aromatic heterocycles. The van der Waals surface area contributed by atoms with Gasteiger partial charge in [0.25, 0.3) is 0 Å². The molecule has 0 heterocycles. The highest BCUT2D eigenvalue weighted by Crippen LogP contribution is 2.22. The first-order valence-electron chi connectivity index (χ1n) is 7.41. The standard InChI is InChI=1S/C18H20ClNO/c1-13-2-5-15(18(19)10-13)12-21-17-8-3-14(4-9-17)11-20-16-6-7-16/h2-5,8-10,16,20H,6-7,11-12H2,1H3. The molecule has 2 nitrogen and oxygen atoms in total. The van der Waals surface area contributed by atoms with E-state index in [9.17, 15) is 0 Å². The molecule has 1 N–H and O–H groups in total. The minimum Gasteiger partial charge on any atom is -0.489 e. The van der Waals surface area contributed by atoms with Gasteiger partial charge in [0.15, 0.2) is 0 Å². The number of hydrogen-bond acceptors (Lipinski definition) is 2. The molecule has 21 heavy (non-hydrogen) atoms. The summed E-state index contributed by atoms with van der Waals surface area (Å²) >= 11 is 6.21. The smallest absolute Gasteiger partial charge is 0.119 e. The first-order chi connectivity index (χ1) is 10.2. The van der Waals surface area contributed by atoms with Crippen LogP contribution in [0.4, 0.5) is 0 Å². The van der Waals surface area contributed by atoms with Crippen molar-refractivity contribution in [2.24, 2.45) is 0 Å². The van der Waals surface area contributed by atoms with Gasteiger partial charge in [0.2, 0.25) is 0 Å². The fourth-order valence-corrected chi connectivity index (χ4v) is 2.47. The Hall–Kier alpha value is -1.51. The molecule has 2 aromatic carbocycles. The minimum atomic E-state index is 0.499. The largest absolute Gasteiger partial charge is 0.489 e. The third kappa shape index (κ3) is 4.23. The SMILES string of the molecule is Cc1ccc(COc2ccc(CNC3CC3)cc2)c(Cl)c1. The summed E-state index contributed by atoms with van der Waals surface area (Å²) in [5.74, 6) is 0.877. The highest BCUT2D eigenvalue weighted by Gasteiger charge is 2.19. The van der Waals surface area contributed by atoms with Crippen molar-refractivity contribution in [1.82, 2.24) is 5.32 Å². The fourth-order valence-electron chi connectivity index (χ4n) is 2.18. The number of nitrogens with one attached hydrogen (secondary N) is 1. The van der Waals surface area contributed by atoms with Gasteiger partial charge in [-0.3, -0.25) is 0 Å². The summed E-state index contributed by atoms with van der Waals surface area (Å²) in [4.78, 5) is 0. The Labute approximate surface area is 131 Å².